The number of aromatic carboxylic acids is 1. The summed E-state index contributed by atoms with van der Waals surface area (Å²) >= 11 is 0. The minimum absolute atomic E-state index is 0.202. The molecule has 0 bridgehead atoms. The first kappa shape index (κ1) is 14.1. The average molecular weight is 270 g/mol. The summed E-state index contributed by atoms with van der Waals surface area (Å²) in [5, 5.41) is 12.0. The van der Waals surface area contributed by atoms with E-state index in [0.29, 0.717) is 11.7 Å². The summed E-state index contributed by atoms with van der Waals surface area (Å²) in [5.74, 6) is 0.221. The van der Waals surface area contributed by atoms with E-state index in [0.717, 1.165) is 13.0 Å². The largest absolute Gasteiger partial charge is 0.478 e. The number of hydrogen-bond donors (Lipinski definition) is 2. The third-order valence-electron chi connectivity index (χ3n) is 3.26. The number of carbonyl (C=O) groups is 1. The lowest BCUT2D eigenvalue weighted by Crippen LogP contribution is -2.07. The molecule has 2 rings (SSSR count). The molecule has 0 saturated carbocycles. The predicted octanol–water partition coefficient (Wildman–Crippen LogP) is 3.39. The topological polar surface area (TPSA) is 62.2 Å². The molecule has 0 amide bonds. The quantitative estimate of drug-likeness (QED) is 0.844. The van der Waals surface area contributed by atoms with E-state index in [4.69, 9.17) is 5.11 Å². The number of nitrogens with one attached hydrogen (secondary N) is 1. The SMILES string of the molecule is CC(CCNc1ccc(C(=O)O)cn1)c1ccccc1. The van der Waals surface area contributed by atoms with Crippen LogP contribution in [0, 0.1) is 0 Å². The second-order valence-corrected chi connectivity index (χ2v) is 4.76. The number of carboxylic acid groups (broad SMARTS) is 1. The van der Waals surface area contributed by atoms with Crippen molar-refractivity contribution in [3.8, 4) is 0 Å². The Bertz CT molecular complexity index is 552. The zero-order valence-electron chi connectivity index (χ0n) is 11.4. The molecule has 1 atom stereocenters. The first-order valence-electron chi connectivity index (χ1n) is 6.65. The zero-order chi connectivity index (χ0) is 14.4. The molecule has 20 heavy (non-hydrogen) atoms. The number of carboxylic acids is 1. The molecule has 0 aliphatic rings. The van der Waals surface area contributed by atoms with Gasteiger partial charge in [-0.25, -0.2) is 9.78 Å². The molecule has 1 aromatic carbocycles. The van der Waals surface area contributed by atoms with E-state index in [2.05, 4.69) is 29.4 Å². The van der Waals surface area contributed by atoms with Crippen LogP contribution in [0.3, 0.4) is 0 Å². The van der Waals surface area contributed by atoms with E-state index in [1.807, 2.05) is 18.2 Å². The molecule has 0 aliphatic carbocycles. The highest BCUT2D eigenvalue weighted by Crippen LogP contribution is 2.18. The monoisotopic (exact) mass is 270 g/mol. The molecular formula is C16H18N2O2. The molecule has 1 unspecified atom stereocenters. The van der Waals surface area contributed by atoms with E-state index in [9.17, 15) is 4.79 Å². The van der Waals surface area contributed by atoms with Crippen LogP contribution in [0.1, 0.15) is 35.2 Å². The maximum atomic E-state index is 10.7. The third-order valence-corrected chi connectivity index (χ3v) is 3.26. The summed E-state index contributed by atoms with van der Waals surface area (Å²) in [6.07, 6.45) is 2.36. The third kappa shape index (κ3) is 3.82. The summed E-state index contributed by atoms with van der Waals surface area (Å²) in [6.45, 7) is 2.99. The summed E-state index contributed by atoms with van der Waals surface area (Å²) in [7, 11) is 0. The van der Waals surface area contributed by atoms with Crippen molar-refractivity contribution in [1.29, 1.82) is 0 Å². The van der Waals surface area contributed by atoms with Gasteiger partial charge in [0.25, 0.3) is 0 Å². The Morgan fingerprint density at radius 3 is 2.60 bits per heavy atom. The fraction of sp³-hybridized carbons (Fsp3) is 0.250. The normalized spacial score (nSPS) is 11.8. The molecule has 1 heterocycles. The molecule has 0 saturated heterocycles. The van der Waals surface area contributed by atoms with Crippen LogP contribution in [0.15, 0.2) is 48.7 Å². The van der Waals surface area contributed by atoms with E-state index < -0.39 is 5.97 Å². The van der Waals surface area contributed by atoms with E-state index >= 15 is 0 Å². The first-order chi connectivity index (χ1) is 9.66. The number of pyridine rings is 1. The van der Waals surface area contributed by atoms with Crippen molar-refractivity contribution >= 4 is 11.8 Å². The fourth-order valence-electron chi connectivity index (χ4n) is 1.99. The molecule has 4 heteroatoms. The van der Waals surface area contributed by atoms with Crippen molar-refractivity contribution in [2.75, 3.05) is 11.9 Å². The van der Waals surface area contributed by atoms with Crippen LogP contribution < -0.4 is 5.32 Å². The number of anilines is 1. The predicted molar refractivity (Wildman–Crippen MR) is 79.2 cm³/mol. The number of rotatable bonds is 6. The molecule has 0 aliphatic heterocycles. The molecule has 4 nitrogen and oxygen atoms in total. The minimum atomic E-state index is -0.957. The van der Waals surface area contributed by atoms with Gasteiger partial charge >= 0.3 is 5.97 Å². The van der Waals surface area contributed by atoms with Gasteiger partial charge in [0.1, 0.15) is 5.82 Å². The first-order valence-corrected chi connectivity index (χ1v) is 6.65. The summed E-state index contributed by atoms with van der Waals surface area (Å²) in [5.41, 5.74) is 1.52. The second kappa shape index (κ2) is 6.70. The Labute approximate surface area is 118 Å². The fourth-order valence-corrected chi connectivity index (χ4v) is 1.99. The van der Waals surface area contributed by atoms with Crippen molar-refractivity contribution in [2.45, 2.75) is 19.3 Å². The van der Waals surface area contributed by atoms with Crippen LogP contribution in [-0.4, -0.2) is 22.6 Å². The smallest absolute Gasteiger partial charge is 0.337 e. The van der Waals surface area contributed by atoms with E-state index in [-0.39, 0.29) is 5.56 Å². The molecule has 2 N–H and O–H groups in total. The van der Waals surface area contributed by atoms with Crippen molar-refractivity contribution in [1.82, 2.24) is 4.98 Å². The van der Waals surface area contributed by atoms with Gasteiger partial charge in [0.05, 0.1) is 5.56 Å². The van der Waals surface area contributed by atoms with Crippen molar-refractivity contribution < 1.29 is 9.90 Å². The molecule has 0 fully saturated rings. The molecule has 2 aromatic rings. The Hall–Kier alpha value is -2.36. The Morgan fingerprint density at radius 1 is 1.25 bits per heavy atom. The lowest BCUT2D eigenvalue weighted by Gasteiger charge is -2.12. The average Bonchev–Trinajstić information content (AvgIpc) is 2.48. The minimum Gasteiger partial charge on any atom is -0.478 e. The van der Waals surface area contributed by atoms with Crippen molar-refractivity contribution in [3.05, 3.63) is 59.8 Å². The highest BCUT2D eigenvalue weighted by molar-refractivity contribution is 5.87. The van der Waals surface area contributed by atoms with E-state index in [1.54, 1.807) is 12.1 Å². The van der Waals surface area contributed by atoms with Crippen LogP contribution >= 0.6 is 0 Å². The van der Waals surface area contributed by atoms with Gasteiger partial charge in [0.2, 0.25) is 0 Å². The van der Waals surface area contributed by atoms with Crippen LogP contribution in [0.5, 0.6) is 0 Å². The molecule has 104 valence electrons. The zero-order valence-corrected chi connectivity index (χ0v) is 11.4. The van der Waals surface area contributed by atoms with Gasteiger partial charge in [-0.05, 0) is 30.0 Å². The highest BCUT2D eigenvalue weighted by atomic mass is 16.4. The number of nitrogens with zero attached hydrogens (tertiary/aromatic N) is 1. The number of benzene rings is 1. The maximum Gasteiger partial charge on any atom is 0.337 e. The van der Waals surface area contributed by atoms with E-state index in [1.165, 1.54) is 11.8 Å². The van der Waals surface area contributed by atoms with Crippen LogP contribution in [0.4, 0.5) is 5.82 Å². The van der Waals surface area contributed by atoms with Gasteiger partial charge in [-0.15, -0.1) is 0 Å². The molecule has 0 radical (unpaired) electrons. The second-order valence-electron chi connectivity index (χ2n) is 4.76. The Morgan fingerprint density at radius 2 is 2.00 bits per heavy atom. The summed E-state index contributed by atoms with van der Waals surface area (Å²) in [6, 6.07) is 13.6. The van der Waals surface area contributed by atoms with Gasteiger partial charge in [0.15, 0.2) is 0 Å². The van der Waals surface area contributed by atoms with Crippen molar-refractivity contribution in [2.24, 2.45) is 0 Å². The summed E-state index contributed by atoms with van der Waals surface area (Å²) in [4.78, 5) is 14.8. The van der Waals surface area contributed by atoms with Gasteiger partial charge in [0, 0.05) is 12.7 Å². The number of aromatic nitrogens is 1. The van der Waals surface area contributed by atoms with Crippen LogP contribution in [0.2, 0.25) is 0 Å². The van der Waals surface area contributed by atoms with Crippen molar-refractivity contribution in [3.63, 3.8) is 0 Å². The Kier molecular flexibility index (Phi) is 4.71. The highest BCUT2D eigenvalue weighted by Gasteiger charge is 2.05. The van der Waals surface area contributed by atoms with Gasteiger partial charge in [-0.1, -0.05) is 37.3 Å². The Balaban J connectivity index is 1.82. The molecule has 0 spiro atoms. The lowest BCUT2D eigenvalue weighted by atomic mass is 9.98. The van der Waals surface area contributed by atoms with Gasteiger partial charge < -0.3 is 10.4 Å². The maximum absolute atomic E-state index is 10.7. The van der Waals surface area contributed by atoms with Crippen LogP contribution in [-0.2, 0) is 0 Å². The molecular weight excluding hydrogens is 252 g/mol. The number of hydrogen-bond acceptors (Lipinski definition) is 3. The molecule has 1 aromatic heterocycles. The van der Waals surface area contributed by atoms with Crippen LogP contribution in [0.25, 0.3) is 0 Å². The van der Waals surface area contributed by atoms with Gasteiger partial charge in [-0.2, -0.15) is 0 Å². The van der Waals surface area contributed by atoms with Gasteiger partial charge in [-0.3, -0.25) is 0 Å². The summed E-state index contributed by atoms with van der Waals surface area (Å²) < 4.78 is 0. The standard InChI is InChI=1S/C16H18N2O2/c1-12(13-5-3-2-4-6-13)9-10-17-15-8-7-14(11-18-15)16(19)20/h2-8,11-12H,9-10H2,1H3,(H,17,18)(H,19,20). The lowest BCUT2D eigenvalue weighted by molar-refractivity contribution is 0.0696.